The van der Waals surface area contributed by atoms with Crippen LogP contribution in [0, 0.1) is 5.92 Å². The number of anilines is 1. The van der Waals surface area contributed by atoms with Gasteiger partial charge in [0.1, 0.15) is 6.17 Å². The Morgan fingerprint density at radius 2 is 1.94 bits per heavy atom. The molecule has 1 aromatic heterocycles. The Balaban J connectivity index is 1.60. The Bertz CT molecular complexity index is 912. The van der Waals surface area contributed by atoms with Gasteiger partial charge in [-0.05, 0) is 38.3 Å². The average molecular weight is 428 g/mol. The molecule has 0 spiro atoms. The Labute approximate surface area is 183 Å². The van der Waals surface area contributed by atoms with E-state index in [9.17, 15) is 5.11 Å². The molecule has 1 aliphatic carbocycles. The summed E-state index contributed by atoms with van der Waals surface area (Å²) in [4.78, 5) is 15.9. The highest BCUT2D eigenvalue weighted by Gasteiger charge is 2.33. The first-order valence-electron chi connectivity index (χ1n) is 11.5. The van der Waals surface area contributed by atoms with Crippen molar-refractivity contribution >= 4 is 22.7 Å². The van der Waals surface area contributed by atoms with Crippen molar-refractivity contribution in [3.8, 4) is 0 Å². The van der Waals surface area contributed by atoms with Crippen LogP contribution in [0.5, 0.6) is 0 Å². The third-order valence-electron chi connectivity index (χ3n) is 6.43. The summed E-state index contributed by atoms with van der Waals surface area (Å²) in [7, 11) is 0. The fraction of sp³-hybridized carbons (Fsp3) is 0.609. The molecule has 31 heavy (non-hydrogen) atoms. The van der Waals surface area contributed by atoms with Crippen molar-refractivity contribution in [3.63, 3.8) is 0 Å². The molecular formula is C23H35N6O2+. The lowest BCUT2D eigenvalue weighted by Crippen LogP contribution is -2.54. The number of para-hydroxylation sites is 2. The molecule has 1 saturated heterocycles. The van der Waals surface area contributed by atoms with E-state index in [1.807, 2.05) is 24.3 Å². The molecule has 2 fully saturated rings. The summed E-state index contributed by atoms with van der Waals surface area (Å²) in [5.74, 6) is 0.810. The van der Waals surface area contributed by atoms with Gasteiger partial charge >= 0.3 is 5.90 Å². The maximum absolute atomic E-state index is 10.1. The minimum atomic E-state index is -0.482. The molecule has 1 aromatic carbocycles. The third-order valence-corrected chi connectivity index (χ3v) is 6.43. The molecule has 3 atom stereocenters. The van der Waals surface area contributed by atoms with Crippen molar-refractivity contribution in [2.75, 3.05) is 24.6 Å². The van der Waals surface area contributed by atoms with Crippen LogP contribution in [0.4, 0.5) is 5.82 Å². The number of rotatable bonds is 6. The second-order valence-corrected chi connectivity index (χ2v) is 8.89. The maximum Gasteiger partial charge on any atom is 0.384 e. The summed E-state index contributed by atoms with van der Waals surface area (Å²) in [6.07, 6.45) is 6.82. The van der Waals surface area contributed by atoms with Crippen LogP contribution in [0.3, 0.4) is 0 Å². The molecule has 0 radical (unpaired) electrons. The van der Waals surface area contributed by atoms with E-state index in [2.05, 4.69) is 15.2 Å². The number of nitrogens with two attached hydrogens (primary N) is 1. The standard InChI is InChI=1S/C23H34N6O2/c1-15(24)25-23(31)21-22(28-20-10-6-5-9-19(20)27-21)29-12-11-18(16(13-29)14-30)26-17-7-3-2-4-8-17/h5-6,9-10,15-18,26,30H,2-4,7-8,11-14,24H2,1H3,(H,25,31)/p+1. The largest absolute Gasteiger partial charge is 0.577 e. The number of aromatic nitrogens is 2. The molecule has 0 amide bonds. The van der Waals surface area contributed by atoms with Crippen molar-refractivity contribution in [3.05, 3.63) is 30.0 Å². The predicted molar refractivity (Wildman–Crippen MR) is 125 cm³/mol. The van der Waals surface area contributed by atoms with E-state index in [1.54, 1.807) is 6.92 Å². The summed E-state index contributed by atoms with van der Waals surface area (Å²) in [5, 5.41) is 22.4. The molecule has 2 aromatic rings. The minimum Gasteiger partial charge on any atom is -0.577 e. The van der Waals surface area contributed by atoms with E-state index >= 15 is 0 Å². The molecular weight excluding hydrogens is 392 g/mol. The van der Waals surface area contributed by atoms with E-state index in [4.69, 9.17) is 20.8 Å². The highest BCUT2D eigenvalue weighted by atomic mass is 16.3. The average Bonchev–Trinajstić information content (AvgIpc) is 2.78. The van der Waals surface area contributed by atoms with Crippen LogP contribution in [0.2, 0.25) is 0 Å². The van der Waals surface area contributed by atoms with Crippen LogP contribution in [0.15, 0.2) is 29.3 Å². The molecule has 3 unspecified atom stereocenters. The van der Waals surface area contributed by atoms with Gasteiger partial charge < -0.3 is 26.2 Å². The zero-order valence-electron chi connectivity index (χ0n) is 18.3. The fourth-order valence-corrected chi connectivity index (χ4v) is 4.84. The van der Waals surface area contributed by atoms with Gasteiger partial charge in [-0.1, -0.05) is 31.4 Å². The maximum atomic E-state index is 10.1. The molecule has 1 saturated carbocycles. The first-order chi connectivity index (χ1) is 15.0. The summed E-state index contributed by atoms with van der Waals surface area (Å²) in [5.41, 5.74) is 7.79. The van der Waals surface area contributed by atoms with Crippen molar-refractivity contribution in [2.45, 2.75) is 63.7 Å². The van der Waals surface area contributed by atoms with Gasteiger partial charge in [-0.25, -0.2) is 9.97 Å². The van der Waals surface area contributed by atoms with Crippen molar-refractivity contribution < 1.29 is 10.2 Å². The van der Waals surface area contributed by atoms with Gasteiger partial charge in [0.25, 0.3) is 0 Å². The monoisotopic (exact) mass is 427 g/mol. The SMILES string of the molecule is CC(N)/N=C(\[OH2+])c1nc2ccccc2nc1N1CCC(NC2CCCCC2)C(CO)C1. The van der Waals surface area contributed by atoms with Gasteiger partial charge in [-0.3, -0.25) is 0 Å². The lowest BCUT2D eigenvalue weighted by atomic mass is 9.89. The molecule has 2 aliphatic rings. The quantitative estimate of drug-likeness (QED) is 0.365. The molecule has 2 heterocycles. The topological polar surface area (TPSA) is 123 Å². The second kappa shape index (κ2) is 9.89. The number of aliphatic hydroxyl groups is 1. The highest BCUT2D eigenvalue weighted by Crippen LogP contribution is 2.28. The highest BCUT2D eigenvalue weighted by molar-refractivity contribution is 5.97. The first-order valence-corrected chi connectivity index (χ1v) is 11.5. The Morgan fingerprint density at radius 3 is 2.61 bits per heavy atom. The van der Waals surface area contributed by atoms with Crippen molar-refractivity contribution in [2.24, 2.45) is 16.6 Å². The van der Waals surface area contributed by atoms with Gasteiger partial charge in [-0.2, -0.15) is 4.99 Å². The van der Waals surface area contributed by atoms with Crippen molar-refractivity contribution in [1.82, 2.24) is 15.3 Å². The number of benzene rings is 1. The Hall–Kier alpha value is -2.29. The number of aliphatic imine (C=N–C) groups is 1. The second-order valence-electron chi connectivity index (χ2n) is 8.89. The van der Waals surface area contributed by atoms with E-state index in [1.165, 1.54) is 32.1 Å². The predicted octanol–water partition coefficient (Wildman–Crippen LogP) is 1.52. The third kappa shape index (κ3) is 5.14. The molecule has 168 valence electrons. The number of piperidine rings is 1. The number of nitrogens with one attached hydrogen (secondary N) is 1. The zero-order valence-corrected chi connectivity index (χ0v) is 18.3. The number of fused-ring (bicyclic) bond motifs is 1. The van der Waals surface area contributed by atoms with E-state index < -0.39 is 6.17 Å². The van der Waals surface area contributed by atoms with Crippen LogP contribution in [-0.2, 0) is 0 Å². The number of hydrogen-bond donors (Lipinski definition) is 3. The number of hydrogen-bond acceptors (Lipinski definition) is 7. The molecule has 8 nitrogen and oxygen atoms in total. The molecule has 8 heteroatoms. The van der Waals surface area contributed by atoms with Crippen LogP contribution < -0.4 is 16.0 Å². The van der Waals surface area contributed by atoms with Crippen LogP contribution in [0.1, 0.15) is 51.1 Å². The lowest BCUT2D eigenvalue weighted by Gasteiger charge is -2.41. The van der Waals surface area contributed by atoms with Gasteiger partial charge in [0.2, 0.25) is 5.69 Å². The minimum absolute atomic E-state index is 0.0475. The number of nitrogens with zero attached hydrogens (tertiary/aromatic N) is 4. The van der Waals surface area contributed by atoms with Gasteiger partial charge in [0.15, 0.2) is 5.82 Å². The Kier molecular flexibility index (Phi) is 6.99. The van der Waals surface area contributed by atoms with Gasteiger partial charge in [-0.15, -0.1) is 0 Å². The van der Waals surface area contributed by atoms with Gasteiger partial charge in [0, 0.05) is 37.7 Å². The number of aliphatic hydroxyl groups excluding tert-OH is 1. The van der Waals surface area contributed by atoms with Gasteiger partial charge in [0.05, 0.1) is 11.0 Å². The smallest absolute Gasteiger partial charge is 0.384 e. The molecule has 4 rings (SSSR count). The summed E-state index contributed by atoms with van der Waals surface area (Å²) >= 11 is 0. The van der Waals surface area contributed by atoms with E-state index in [0.29, 0.717) is 30.1 Å². The van der Waals surface area contributed by atoms with Crippen LogP contribution in [-0.4, -0.2) is 64.0 Å². The summed E-state index contributed by atoms with van der Waals surface area (Å²) in [6, 6.07) is 8.54. The molecule has 6 N–H and O–H groups in total. The molecule has 0 bridgehead atoms. The van der Waals surface area contributed by atoms with Crippen molar-refractivity contribution in [1.29, 1.82) is 0 Å². The Morgan fingerprint density at radius 1 is 1.23 bits per heavy atom. The lowest BCUT2D eigenvalue weighted by molar-refractivity contribution is 0.159. The normalized spacial score (nSPS) is 24.5. The van der Waals surface area contributed by atoms with E-state index in [0.717, 1.165) is 24.0 Å². The summed E-state index contributed by atoms with van der Waals surface area (Å²) in [6.45, 7) is 3.34. The molecule has 1 aliphatic heterocycles. The fourth-order valence-electron chi connectivity index (χ4n) is 4.84. The van der Waals surface area contributed by atoms with E-state index in [-0.39, 0.29) is 18.4 Å². The first kappa shape index (κ1) is 21.9. The van der Waals surface area contributed by atoms with Crippen LogP contribution >= 0.6 is 0 Å². The summed E-state index contributed by atoms with van der Waals surface area (Å²) < 4.78 is 0. The van der Waals surface area contributed by atoms with Crippen LogP contribution in [0.25, 0.3) is 11.0 Å². The zero-order chi connectivity index (χ0) is 21.8.